The first-order chi connectivity index (χ1) is 13.0. The predicted octanol–water partition coefficient (Wildman–Crippen LogP) is 4.29. The number of halogens is 1. The lowest BCUT2D eigenvalue weighted by Crippen LogP contribution is -2.34. The average molecular weight is 387 g/mol. The van der Waals surface area contributed by atoms with Crippen molar-refractivity contribution in [2.45, 2.75) is 33.1 Å². The number of para-hydroxylation sites is 1. The van der Waals surface area contributed by atoms with E-state index < -0.39 is 0 Å². The van der Waals surface area contributed by atoms with E-state index in [1.54, 1.807) is 0 Å². The molecule has 0 spiro atoms. The van der Waals surface area contributed by atoms with Crippen molar-refractivity contribution in [3.05, 3.63) is 58.1 Å². The standard InChI is InChI=1S/C22H27ClN2O2/c1-16-13-19(14-17(2)22(16)23)27-15-21(26)24-10-6-12-25-11-5-8-18-7-3-4-9-20(18)25/h3-4,7,9,13-14H,5-6,8,10-12,15H2,1-2H3,(H,24,26). The summed E-state index contributed by atoms with van der Waals surface area (Å²) < 4.78 is 5.60. The Morgan fingerprint density at radius 1 is 1.22 bits per heavy atom. The van der Waals surface area contributed by atoms with Crippen LogP contribution >= 0.6 is 11.6 Å². The minimum absolute atomic E-state index is 0.0209. The zero-order valence-electron chi connectivity index (χ0n) is 16.1. The van der Waals surface area contributed by atoms with E-state index in [2.05, 4.69) is 34.5 Å². The second-order valence-electron chi connectivity index (χ2n) is 7.08. The second-order valence-corrected chi connectivity index (χ2v) is 7.46. The number of carbonyl (C=O) groups excluding carboxylic acids is 1. The molecule has 2 aromatic carbocycles. The molecule has 1 aliphatic heterocycles. The summed E-state index contributed by atoms with van der Waals surface area (Å²) in [4.78, 5) is 14.4. The lowest BCUT2D eigenvalue weighted by molar-refractivity contribution is -0.123. The third-order valence-electron chi connectivity index (χ3n) is 4.91. The molecule has 1 amide bonds. The lowest BCUT2D eigenvalue weighted by atomic mass is 10.0. The van der Waals surface area contributed by atoms with Gasteiger partial charge in [0.2, 0.25) is 0 Å². The number of benzene rings is 2. The zero-order chi connectivity index (χ0) is 19.2. The molecule has 2 aromatic rings. The number of amides is 1. The van der Waals surface area contributed by atoms with E-state index in [1.165, 1.54) is 17.7 Å². The van der Waals surface area contributed by atoms with Crippen molar-refractivity contribution in [1.82, 2.24) is 5.32 Å². The Morgan fingerprint density at radius 3 is 2.74 bits per heavy atom. The van der Waals surface area contributed by atoms with Crippen molar-refractivity contribution in [1.29, 1.82) is 0 Å². The highest BCUT2D eigenvalue weighted by Gasteiger charge is 2.15. The van der Waals surface area contributed by atoms with E-state index in [0.717, 1.165) is 42.1 Å². The van der Waals surface area contributed by atoms with Crippen LogP contribution in [0.3, 0.4) is 0 Å². The van der Waals surface area contributed by atoms with Gasteiger partial charge in [-0.15, -0.1) is 0 Å². The summed E-state index contributed by atoms with van der Waals surface area (Å²) >= 11 is 6.15. The van der Waals surface area contributed by atoms with Crippen molar-refractivity contribution in [3.8, 4) is 5.75 Å². The fraction of sp³-hybridized carbons (Fsp3) is 0.409. The highest BCUT2D eigenvalue weighted by Crippen LogP contribution is 2.27. The van der Waals surface area contributed by atoms with Crippen molar-refractivity contribution >= 4 is 23.2 Å². The van der Waals surface area contributed by atoms with Gasteiger partial charge in [0.1, 0.15) is 5.75 Å². The van der Waals surface area contributed by atoms with Gasteiger partial charge in [-0.3, -0.25) is 4.79 Å². The fourth-order valence-corrected chi connectivity index (χ4v) is 3.64. The Hall–Kier alpha value is -2.20. The van der Waals surface area contributed by atoms with E-state index in [4.69, 9.17) is 16.3 Å². The molecule has 0 saturated carbocycles. The van der Waals surface area contributed by atoms with Crippen LogP contribution in [0.1, 0.15) is 29.5 Å². The van der Waals surface area contributed by atoms with Crippen LogP contribution in [-0.2, 0) is 11.2 Å². The maximum atomic E-state index is 12.0. The predicted molar refractivity (Wildman–Crippen MR) is 111 cm³/mol. The molecular weight excluding hydrogens is 360 g/mol. The molecular formula is C22H27ClN2O2. The summed E-state index contributed by atoms with van der Waals surface area (Å²) in [5.41, 5.74) is 4.67. The molecule has 3 rings (SSSR count). The van der Waals surface area contributed by atoms with Gasteiger partial charge in [0.15, 0.2) is 6.61 Å². The smallest absolute Gasteiger partial charge is 0.257 e. The number of anilines is 1. The number of hydrogen-bond donors (Lipinski definition) is 1. The average Bonchev–Trinajstić information content (AvgIpc) is 2.67. The van der Waals surface area contributed by atoms with Crippen molar-refractivity contribution in [2.24, 2.45) is 0 Å². The molecule has 0 saturated heterocycles. The molecule has 0 fully saturated rings. The Labute approximate surface area is 166 Å². The number of aryl methyl sites for hydroxylation is 3. The molecule has 0 aromatic heterocycles. The highest BCUT2D eigenvalue weighted by atomic mass is 35.5. The van der Waals surface area contributed by atoms with E-state index >= 15 is 0 Å². The van der Waals surface area contributed by atoms with Gasteiger partial charge in [-0.05, 0) is 68.0 Å². The van der Waals surface area contributed by atoms with Gasteiger partial charge in [0, 0.05) is 30.3 Å². The number of hydrogen-bond acceptors (Lipinski definition) is 3. The molecule has 4 nitrogen and oxygen atoms in total. The minimum Gasteiger partial charge on any atom is -0.484 e. The molecule has 1 N–H and O–H groups in total. The number of rotatable bonds is 7. The minimum atomic E-state index is -0.0979. The Balaban J connectivity index is 1.39. The first kappa shape index (κ1) is 19.6. The monoisotopic (exact) mass is 386 g/mol. The second kappa shape index (κ2) is 9.14. The topological polar surface area (TPSA) is 41.6 Å². The molecule has 5 heteroatoms. The Bertz CT molecular complexity index is 784. The van der Waals surface area contributed by atoms with Crippen molar-refractivity contribution < 1.29 is 9.53 Å². The normalized spacial score (nSPS) is 13.2. The first-order valence-corrected chi connectivity index (χ1v) is 9.91. The number of nitrogens with zero attached hydrogens (tertiary/aromatic N) is 1. The fourth-order valence-electron chi connectivity index (χ4n) is 3.53. The van der Waals surface area contributed by atoms with Gasteiger partial charge in [-0.1, -0.05) is 29.8 Å². The highest BCUT2D eigenvalue weighted by molar-refractivity contribution is 6.32. The Morgan fingerprint density at radius 2 is 1.96 bits per heavy atom. The van der Waals surface area contributed by atoms with Gasteiger partial charge in [-0.25, -0.2) is 0 Å². The van der Waals surface area contributed by atoms with E-state index in [1.807, 2.05) is 26.0 Å². The van der Waals surface area contributed by atoms with Crippen LogP contribution < -0.4 is 15.0 Å². The third-order valence-corrected chi connectivity index (χ3v) is 5.51. The van der Waals surface area contributed by atoms with Crippen LogP contribution in [0.25, 0.3) is 0 Å². The summed E-state index contributed by atoms with van der Waals surface area (Å²) in [5, 5.41) is 3.68. The van der Waals surface area contributed by atoms with Gasteiger partial charge in [0.05, 0.1) is 0 Å². The largest absolute Gasteiger partial charge is 0.484 e. The quantitative estimate of drug-likeness (QED) is 0.721. The lowest BCUT2D eigenvalue weighted by Gasteiger charge is -2.31. The van der Waals surface area contributed by atoms with Gasteiger partial charge in [0.25, 0.3) is 5.91 Å². The molecule has 0 aliphatic carbocycles. The van der Waals surface area contributed by atoms with E-state index in [-0.39, 0.29) is 12.5 Å². The van der Waals surface area contributed by atoms with Gasteiger partial charge in [-0.2, -0.15) is 0 Å². The molecule has 0 atom stereocenters. The summed E-state index contributed by atoms with van der Waals surface area (Å²) in [6.45, 7) is 6.58. The Kier molecular flexibility index (Phi) is 6.62. The van der Waals surface area contributed by atoms with Crippen molar-refractivity contribution in [3.63, 3.8) is 0 Å². The molecule has 144 valence electrons. The summed E-state index contributed by atoms with van der Waals surface area (Å²) in [5.74, 6) is 0.578. The molecule has 1 heterocycles. The van der Waals surface area contributed by atoms with Crippen LogP contribution in [0.2, 0.25) is 5.02 Å². The van der Waals surface area contributed by atoms with Gasteiger partial charge >= 0.3 is 0 Å². The maximum absolute atomic E-state index is 12.0. The maximum Gasteiger partial charge on any atom is 0.257 e. The molecule has 0 unspecified atom stereocenters. The van der Waals surface area contributed by atoms with E-state index in [9.17, 15) is 4.79 Å². The third kappa shape index (κ3) is 5.16. The molecule has 1 aliphatic rings. The van der Waals surface area contributed by atoms with Crippen LogP contribution in [0.5, 0.6) is 5.75 Å². The molecule has 27 heavy (non-hydrogen) atoms. The van der Waals surface area contributed by atoms with Crippen molar-refractivity contribution in [2.75, 3.05) is 31.1 Å². The first-order valence-electron chi connectivity index (χ1n) is 9.53. The number of nitrogens with one attached hydrogen (secondary N) is 1. The molecule has 0 radical (unpaired) electrons. The van der Waals surface area contributed by atoms with Gasteiger partial charge < -0.3 is 15.0 Å². The van der Waals surface area contributed by atoms with Crippen LogP contribution in [0.15, 0.2) is 36.4 Å². The number of carbonyl (C=O) groups is 1. The molecule has 0 bridgehead atoms. The summed E-state index contributed by atoms with van der Waals surface area (Å²) in [6, 6.07) is 12.3. The number of ether oxygens (including phenoxy) is 1. The van der Waals surface area contributed by atoms with Crippen LogP contribution in [-0.4, -0.2) is 32.1 Å². The van der Waals surface area contributed by atoms with Crippen LogP contribution in [0, 0.1) is 13.8 Å². The summed E-state index contributed by atoms with van der Waals surface area (Å²) in [6.07, 6.45) is 3.26. The SMILES string of the molecule is Cc1cc(OCC(=O)NCCCN2CCCc3ccccc32)cc(C)c1Cl. The summed E-state index contributed by atoms with van der Waals surface area (Å²) in [7, 11) is 0. The zero-order valence-corrected chi connectivity index (χ0v) is 16.8. The number of fused-ring (bicyclic) bond motifs is 1. The van der Waals surface area contributed by atoms with E-state index in [0.29, 0.717) is 12.3 Å². The van der Waals surface area contributed by atoms with Crippen LogP contribution in [0.4, 0.5) is 5.69 Å².